The van der Waals surface area contributed by atoms with E-state index in [0.29, 0.717) is 5.82 Å². The van der Waals surface area contributed by atoms with Gasteiger partial charge in [-0.25, -0.2) is 15.0 Å². The van der Waals surface area contributed by atoms with Gasteiger partial charge in [-0.3, -0.25) is 0 Å². The molecule has 0 unspecified atom stereocenters. The topological polar surface area (TPSA) is 51.8 Å². The molecular formula is C57H37N3O. The Morgan fingerprint density at radius 3 is 1.36 bits per heavy atom. The second-order valence-corrected chi connectivity index (χ2v) is 15.1. The summed E-state index contributed by atoms with van der Waals surface area (Å²) in [6, 6.07) is 77.9. The third kappa shape index (κ3) is 6.67. The molecule has 11 rings (SSSR count). The predicted molar refractivity (Wildman–Crippen MR) is 251 cm³/mol. The van der Waals surface area contributed by atoms with Crippen molar-refractivity contribution in [2.24, 2.45) is 0 Å². The molecule has 3 aromatic heterocycles. The van der Waals surface area contributed by atoms with E-state index in [9.17, 15) is 0 Å². The molecule has 0 aliphatic rings. The summed E-state index contributed by atoms with van der Waals surface area (Å²) >= 11 is 0. The van der Waals surface area contributed by atoms with Crippen LogP contribution in [0.25, 0.3) is 112 Å². The van der Waals surface area contributed by atoms with E-state index >= 15 is 0 Å². The Labute approximate surface area is 354 Å². The fraction of sp³-hybridized carbons (Fsp3) is 0. The molecule has 4 heteroatoms. The summed E-state index contributed by atoms with van der Waals surface area (Å²) in [4.78, 5) is 16.3. The number of benzene rings is 8. The summed E-state index contributed by atoms with van der Waals surface area (Å²) in [6.07, 6.45) is 0. The number of furan rings is 1. The molecule has 0 aliphatic heterocycles. The molecule has 8 aromatic carbocycles. The Morgan fingerprint density at radius 1 is 0.295 bits per heavy atom. The first-order valence-corrected chi connectivity index (χ1v) is 20.5. The average molecular weight is 780 g/mol. The highest BCUT2D eigenvalue weighted by molar-refractivity contribution is 6.09. The molecule has 0 atom stereocenters. The normalized spacial score (nSPS) is 11.3. The van der Waals surface area contributed by atoms with Crippen LogP contribution in [0.1, 0.15) is 0 Å². The molecule has 0 aliphatic carbocycles. The summed E-state index contributed by atoms with van der Waals surface area (Å²) in [5.74, 6) is 0.620. The van der Waals surface area contributed by atoms with Crippen molar-refractivity contribution in [1.29, 1.82) is 0 Å². The van der Waals surface area contributed by atoms with Gasteiger partial charge in [0.15, 0.2) is 5.82 Å². The molecule has 0 saturated heterocycles. The van der Waals surface area contributed by atoms with Crippen molar-refractivity contribution in [3.63, 3.8) is 0 Å². The number of hydrogen-bond donors (Lipinski definition) is 0. The van der Waals surface area contributed by atoms with Gasteiger partial charge in [-0.1, -0.05) is 200 Å². The molecule has 3 heterocycles. The molecule has 61 heavy (non-hydrogen) atoms. The highest BCUT2D eigenvalue weighted by Gasteiger charge is 2.26. The summed E-state index contributed by atoms with van der Waals surface area (Å²) in [5.41, 5.74) is 16.4. The van der Waals surface area contributed by atoms with Gasteiger partial charge in [0.1, 0.15) is 11.2 Å². The Bertz CT molecular complexity index is 3230. The lowest BCUT2D eigenvalue weighted by Crippen LogP contribution is -2.02. The van der Waals surface area contributed by atoms with Gasteiger partial charge in [0, 0.05) is 55.3 Å². The number of pyridine rings is 1. The second kappa shape index (κ2) is 15.5. The number of nitrogens with zero attached hydrogens (tertiary/aromatic N) is 3. The third-order valence-corrected chi connectivity index (χ3v) is 11.3. The quantitative estimate of drug-likeness (QED) is 0.154. The Kier molecular flexibility index (Phi) is 9.14. The highest BCUT2D eigenvalue weighted by atomic mass is 16.3. The Hall–Kier alpha value is -8.21. The van der Waals surface area contributed by atoms with Gasteiger partial charge in [-0.15, -0.1) is 0 Å². The van der Waals surface area contributed by atoms with Crippen molar-refractivity contribution in [1.82, 2.24) is 15.0 Å². The summed E-state index contributed by atoms with van der Waals surface area (Å²) in [5, 5.41) is 2.13. The van der Waals surface area contributed by atoms with Crippen LogP contribution in [0.3, 0.4) is 0 Å². The maximum Gasteiger partial charge on any atom is 0.160 e. The van der Waals surface area contributed by atoms with Gasteiger partial charge in [-0.2, -0.15) is 0 Å². The van der Waals surface area contributed by atoms with Gasteiger partial charge in [0.2, 0.25) is 0 Å². The smallest absolute Gasteiger partial charge is 0.160 e. The minimum absolute atomic E-state index is 0.620. The summed E-state index contributed by atoms with van der Waals surface area (Å²) in [6.45, 7) is 0. The second-order valence-electron chi connectivity index (χ2n) is 15.1. The van der Waals surface area contributed by atoms with Crippen LogP contribution < -0.4 is 0 Å². The molecule has 286 valence electrons. The maximum atomic E-state index is 6.55. The zero-order valence-corrected chi connectivity index (χ0v) is 33.1. The van der Waals surface area contributed by atoms with Crippen LogP contribution in [0.5, 0.6) is 0 Å². The van der Waals surface area contributed by atoms with E-state index in [0.717, 1.165) is 106 Å². The van der Waals surface area contributed by atoms with Crippen LogP contribution in [0.2, 0.25) is 0 Å². The van der Waals surface area contributed by atoms with Crippen LogP contribution in [-0.4, -0.2) is 15.0 Å². The van der Waals surface area contributed by atoms with E-state index in [-0.39, 0.29) is 0 Å². The van der Waals surface area contributed by atoms with Gasteiger partial charge in [-0.05, 0) is 41.0 Å². The number of para-hydroxylation sites is 2. The van der Waals surface area contributed by atoms with E-state index in [1.54, 1.807) is 0 Å². The zero-order chi connectivity index (χ0) is 40.5. The molecule has 0 radical (unpaired) electrons. The van der Waals surface area contributed by atoms with Crippen LogP contribution >= 0.6 is 0 Å². The van der Waals surface area contributed by atoms with Gasteiger partial charge in [0.25, 0.3) is 0 Å². The number of aromatic nitrogens is 3. The molecule has 0 fully saturated rings. The molecule has 0 saturated carbocycles. The lowest BCUT2D eigenvalue weighted by Gasteiger charge is -2.23. The molecule has 4 nitrogen and oxygen atoms in total. The number of fused-ring (bicyclic) bond motifs is 3. The van der Waals surface area contributed by atoms with Crippen LogP contribution in [0.15, 0.2) is 229 Å². The monoisotopic (exact) mass is 779 g/mol. The minimum Gasteiger partial charge on any atom is -0.455 e. The van der Waals surface area contributed by atoms with E-state index in [1.807, 2.05) is 36.4 Å². The third-order valence-electron chi connectivity index (χ3n) is 11.3. The van der Waals surface area contributed by atoms with E-state index in [4.69, 9.17) is 19.4 Å². The van der Waals surface area contributed by atoms with E-state index in [2.05, 4.69) is 188 Å². The van der Waals surface area contributed by atoms with Crippen molar-refractivity contribution in [2.75, 3.05) is 0 Å². The Morgan fingerprint density at radius 2 is 0.754 bits per heavy atom. The summed E-state index contributed by atoms with van der Waals surface area (Å²) in [7, 11) is 0. The largest absolute Gasteiger partial charge is 0.455 e. The first-order chi connectivity index (χ1) is 30.3. The predicted octanol–water partition coefficient (Wildman–Crippen LogP) is 15.1. The molecule has 0 bridgehead atoms. The number of hydrogen-bond acceptors (Lipinski definition) is 4. The lowest BCUT2D eigenvalue weighted by atomic mass is 9.83. The molecule has 11 aromatic rings. The van der Waals surface area contributed by atoms with Crippen molar-refractivity contribution < 1.29 is 4.42 Å². The fourth-order valence-corrected chi connectivity index (χ4v) is 8.49. The van der Waals surface area contributed by atoms with Crippen LogP contribution in [-0.2, 0) is 0 Å². The molecule has 0 amide bonds. The first kappa shape index (κ1) is 35.9. The zero-order valence-electron chi connectivity index (χ0n) is 33.1. The van der Waals surface area contributed by atoms with E-state index in [1.165, 1.54) is 0 Å². The van der Waals surface area contributed by atoms with Crippen LogP contribution in [0, 0.1) is 0 Å². The van der Waals surface area contributed by atoms with Crippen molar-refractivity contribution in [3.05, 3.63) is 224 Å². The highest BCUT2D eigenvalue weighted by Crippen LogP contribution is 2.49. The fourth-order valence-electron chi connectivity index (χ4n) is 8.49. The van der Waals surface area contributed by atoms with E-state index < -0.39 is 0 Å². The SMILES string of the molecule is c1ccc(-c2cc(-c3cccc4c3oc3ccccc34)nc(-c3cccc(-c4c(-c5ccccc5)c(-c5ccccc5)nc(-c5ccccc5)c4-c4ccccc4)c3)n2)cc1. The summed E-state index contributed by atoms with van der Waals surface area (Å²) < 4.78 is 6.55. The lowest BCUT2D eigenvalue weighted by molar-refractivity contribution is 0.670. The van der Waals surface area contributed by atoms with Crippen molar-refractivity contribution >= 4 is 21.9 Å². The average Bonchev–Trinajstić information content (AvgIpc) is 3.74. The van der Waals surface area contributed by atoms with Gasteiger partial charge in [0.05, 0.1) is 22.8 Å². The number of rotatable bonds is 8. The molecular weight excluding hydrogens is 743 g/mol. The first-order valence-electron chi connectivity index (χ1n) is 20.5. The minimum atomic E-state index is 0.620. The molecule has 0 spiro atoms. The van der Waals surface area contributed by atoms with Crippen molar-refractivity contribution in [2.45, 2.75) is 0 Å². The molecule has 0 N–H and O–H groups in total. The maximum absolute atomic E-state index is 6.55. The van der Waals surface area contributed by atoms with Gasteiger partial charge >= 0.3 is 0 Å². The standard InChI is InChI=1S/C57H37N3O/c1-6-20-38(21-7-1)48-37-49(47-34-19-33-46-45-32-16-17-35-50(45)61-56(46)47)59-57(58-48)44-31-18-30-43(36-44)51-52(39-22-8-2-9-23-39)54(41-26-12-4-13-27-41)60-55(42-28-14-5-15-29-42)53(51)40-24-10-3-11-25-40/h1-37H. The Balaban J connectivity index is 1.20. The van der Waals surface area contributed by atoms with Crippen LogP contribution in [0.4, 0.5) is 0 Å². The van der Waals surface area contributed by atoms with Crippen molar-refractivity contribution in [3.8, 4) is 89.8 Å². The van der Waals surface area contributed by atoms with Gasteiger partial charge < -0.3 is 4.42 Å².